The van der Waals surface area contributed by atoms with Gasteiger partial charge in [-0.2, -0.15) is 13.2 Å². The van der Waals surface area contributed by atoms with Crippen LogP contribution in [0.3, 0.4) is 0 Å². The van der Waals surface area contributed by atoms with Gasteiger partial charge >= 0.3 is 6.18 Å². The van der Waals surface area contributed by atoms with E-state index in [0.717, 1.165) is 23.3 Å². The number of hydrogen-bond donors (Lipinski definition) is 0. The molecule has 0 amide bonds. The van der Waals surface area contributed by atoms with Gasteiger partial charge in [0, 0.05) is 0 Å². The summed E-state index contributed by atoms with van der Waals surface area (Å²) in [5.74, 6) is 0.753. The van der Waals surface area contributed by atoms with E-state index in [1.165, 1.54) is 12.1 Å². The van der Waals surface area contributed by atoms with E-state index in [0.29, 0.717) is 5.75 Å². The van der Waals surface area contributed by atoms with Gasteiger partial charge in [0.1, 0.15) is 11.5 Å². The van der Waals surface area contributed by atoms with Crippen molar-refractivity contribution in [1.29, 1.82) is 0 Å². The Labute approximate surface area is 109 Å². The summed E-state index contributed by atoms with van der Waals surface area (Å²) in [6.07, 6.45) is -4.36. The zero-order valence-electron chi connectivity index (χ0n) is 10.6. The van der Waals surface area contributed by atoms with Crippen molar-refractivity contribution >= 4 is 0 Å². The first kappa shape index (κ1) is 13.5. The van der Waals surface area contributed by atoms with Crippen LogP contribution < -0.4 is 4.74 Å². The lowest BCUT2D eigenvalue weighted by Crippen LogP contribution is -2.04. The van der Waals surface area contributed by atoms with Crippen LogP contribution in [0, 0.1) is 13.8 Å². The van der Waals surface area contributed by atoms with Crippen LogP contribution in [0.1, 0.15) is 16.7 Å². The van der Waals surface area contributed by atoms with Gasteiger partial charge in [-0.1, -0.05) is 18.2 Å². The lowest BCUT2D eigenvalue weighted by atomic mass is 10.1. The molecule has 0 atom stereocenters. The molecule has 0 unspecified atom stereocenters. The van der Waals surface area contributed by atoms with Crippen molar-refractivity contribution in [3.05, 3.63) is 59.2 Å². The molecule has 1 nitrogen and oxygen atoms in total. The molecule has 0 aromatic heterocycles. The molecular formula is C15H13F3O. The van der Waals surface area contributed by atoms with Gasteiger partial charge in [-0.3, -0.25) is 0 Å². The maximum absolute atomic E-state index is 12.6. The quantitative estimate of drug-likeness (QED) is 0.733. The van der Waals surface area contributed by atoms with E-state index in [4.69, 9.17) is 4.74 Å². The number of halogens is 3. The normalized spacial score (nSPS) is 11.4. The first-order chi connectivity index (χ1) is 8.86. The second-order valence-corrected chi connectivity index (χ2v) is 4.40. The highest BCUT2D eigenvalue weighted by molar-refractivity contribution is 5.40. The Morgan fingerprint density at radius 2 is 1.68 bits per heavy atom. The Balaban J connectivity index is 2.31. The summed E-state index contributed by atoms with van der Waals surface area (Å²) >= 11 is 0. The molecule has 4 heteroatoms. The van der Waals surface area contributed by atoms with Crippen molar-refractivity contribution in [1.82, 2.24) is 0 Å². The molecule has 0 heterocycles. The van der Waals surface area contributed by atoms with Crippen LogP contribution in [0.5, 0.6) is 11.5 Å². The lowest BCUT2D eigenvalue weighted by Gasteiger charge is -2.12. The minimum absolute atomic E-state index is 0.184. The van der Waals surface area contributed by atoms with Gasteiger partial charge in [-0.05, 0) is 49.2 Å². The molecule has 2 aromatic carbocycles. The van der Waals surface area contributed by atoms with E-state index in [9.17, 15) is 13.2 Å². The highest BCUT2D eigenvalue weighted by Gasteiger charge is 2.30. The highest BCUT2D eigenvalue weighted by Crippen LogP contribution is 2.33. The molecule has 0 bridgehead atoms. The fourth-order valence-electron chi connectivity index (χ4n) is 1.68. The second kappa shape index (κ2) is 4.96. The number of hydrogen-bond acceptors (Lipinski definition) is 1. The number of rotatable bonds is 2. The summed E-state index contributed by atoms with van der Waals surface area (Å²) in [7, 11) is 0. The number of ether oxygens (including phenoxy) is 1. The van der Waals surface area contributed by atoms with Crippen LogP contribution in [0.15, 0.2) is 42.5 Å². The van der Waals surface area contributed by atoms with Crippen LogP contribution in [0.4, 0.5) is 13.2 Å². The van der Waals surface area contributed by atoms with Crippen molar-refractivity contribution in [2.24, 2.45) is 0 Å². The average Bonchev–Trinajstić information content (AvgIpc) is 2.33. The molecule has 0 spiro atoms. The Morgan fingerprint density at radius 1 is 0.947 bits per heavy atom. The molecule has 0 N–H and O–H groups in total. The van der Waals surface area contributed by atoms with Crippen molar-refractivity contribution in [2.75, 3.05) is 0 Å². The molecule has 0 saturated heterocycles. The van der Waals surface area contributed by atoms with Crippen LogP contribution in [-0.4, -0.2) is 0 Å². The predicted octanol–water partition coefficient (Wildman–Crippen LogP) is 5.11. The zero-order valence-corrected chi connectivity index (χ0v) is 10.6. The molecule has 0 radical (unpaired) electrons. The van der Waals surface area contributed by atoms with Crippen LogP contribution in [0.2, 0.25) is 0 Å². The number of alkyl halides is 3. The van der Waals surface area contributed by atoms with Crippen LogP contribution in [0.25, 0.3) is 0 Å². The molecule has 2 rings (SSSR count). The number of aryl methyl sites for hydroxylation is 2. The van der Waals surface area contributed by atoms with E-state index in [1.54, 1.807) is 6.07 Å². The third kappa shape index (κ3) is 3.28. The molecule has 2 aromatic rings. The van der Waals surface area contributed by atoms with Gasteiger partial charge in [-0.25, -0.2) is 0 Å². The van der Waals surface area contributed by atoms with Gasteiger partial charge in [0.2, 0.25) is 0 Å². The highest BCUT2D eigenvalue weighted by atomic mass is 19.4. The Hall–Kier alpha value is -1.97. The van der Waals surface area contributed by atoms with Gasteiger partial charge in [0.15, 0.2) is 0 Å². The van der Waals surface area contributed by atoms with E-state index in [-0.39, 0.29) is 5.75 Å². The standard InChI is InChI=1S/C15H13F3O/c1-10-6-7-11(2)14(8-10)19-13-5-3-4-12(9-13)15(16,17)18/h3-9H,1-2H3. The molecule has 19 heavy (non-hydrogen) atoms. The molecule has 0 aliphatic heterocycles. The Morgan fingerprint density at radius 3 is 2.37 bits per heavy atom. The van der Waals surface area contributed by atoms with Crippen molar-refractivity contribution in [3.63, 3.8) is 0 Å². The van der Waals surface area contributed by atoms with Gasteiger partial charge in [0.25, 0.3) is 0 Å². The molecule has 0 aliphatic carbocycles. The maximum Gasteiger partial charge on any atom is 0.416 e. The van der Waals surface area contributed by atoms with Crippen molar-refractivity contribution in [3.8, 4) is 11.5 Å². The second-order valence-electron chi connectivity index (χ2n) is 4.40. The smallest absolute Gasteiger partial charge is 0.416 e. The SMILES string of the molecule is Cc1ccc(C)c(Oc2cccc(C(F)(F)F)c2)c1. The maximum atomic E-state index is 12.6. The van der Waals surface area contributed by atoms with Crippen LogP contribution in [-0.2, 0) is 6.18 Å². The van der Waals surface area contributed by atoms with Gasteiger partial charge in [-0.15, -0.1) is 0 Å². The average molecular weight is 266 g/mol. The monoisotopic (exact) mass is 266 g/mol. The third-order valence-corrected chi connectivity index (χ3v) is 2.73. The third-order valence-electron chi connectivity index (χ3n) is 2.73. The lowest BCUT2D eigenvalue weighted by molar-refractivity contribution is -0.137. The minimum atomic E-state index is -4.36. The van der Waals surface area contributed by atoms with Gasteiger partial charge in [0.05, 0.1) is 5.56 Å². The topological polar surface area (TPSA) is 9.23 Å². The Bertz CT molecular complexity index is 588. The largest absolute Gasteiger partial charge is 0.457 e. The molecule has 0 aliphatic rings. The molecule has 0 saturated carbocycles. The van der Waals surface area contributed by atoms with Crippen molar-refractivity contribution in [2.45, 2.75) is 20.0 Å². The van der Waals surface area contributed by atoms with Crippen LogP contribution >= 0.6 is 0 Å². The first-order valence-electron chi connectivity index (χ1n) is 5.78. The van der Waals surface area contributed by atoms with Gasteiger partial charge < -0.3 is 4.74 Å². The fraction of sp³-hybridized carbons (Fsp3) is 0.200. The van der Waals surface area contributed by atoms with E-state index in [2.05, 4.69) is 0 Å². The summed E-state index contributed by atoms with van der Waals surface area (Å²) in [5.41, 5.74) is 1.16. The summed E-state index contributed by atoms with van der Waals surface area (Å²) in [6.45, 7) is 3.75. The molecule has 100 valence electrons. The summed E-state index contributed by atoms with van der Waals surface area (Å²) < 4.78 is 43.3. The first-order valence-corrected chi connectivity index (χ1v) is 5.78. The summed E-state index contributed by atoms with van der Waals surface area (Å²) in [6, 6.07) is 10.5. The van der Waals surface area contributed by atoms with E-state index >= 15 is 0 Å². The number of benzene rings is 2. The van der Waals surface area contributed by atoms with E-state index < -0.39 is 11.7 Å². The summed E-state index contributed by atoms with van der Waals surface area (Å²) in [4.78, 5) is 0. The fourth-order valence-corrected chi connectivity index (χ4v) is 1.68. The summed E-state index contributed by atoms with van der Waals surface area (Å²) in [5, 5.41) is 0. The minimum Gasteiger partial charge on any atom is -0.457 e. The molecule has 0 fully saturated rings. The van der Waals surface area contributed by atoms with Crippen molar-refractivity contribution < 1.29 is 17.9 Å². The predicted molar refractivity (Wildman–Crippen MR) is 67.4 cm³/mol. The molecular weight excluding hydrogens is 253 g/mol. The van der Waals surface area contributed by atoms with E-state index in [1.807, 2.05) is 26.0 Å². The zero-order chi connectivity index (χ0) is 14.0. The Kier molecular flexibility index (Phi) is 3.51.